The van der Waals surface area contributed by atoms with Crippen LogP contribution in [0.2, 0.25) is 0 Å². The maximum Gasteiger partial charge on any atom is 0.224 e. The Morgan fingerprint density at radius 2 is 2.00 bits per heavy atom. The van der Waals surface area contributed by atoms with Crippen molar-refractivity contribution in [3.63, 3.8) is 0 Å². The second kappa shape index (κ2) is 6.74. The molecule has 0 saturated heterocycles. The van der Waals surface area contributed by atoms with Crippen LogP contribution < -0.4 is 5.32 Å². The number of nitrogens with zero attached hydrogens (tertiary/aromatic N) is 1. The first-order valence-electron chi connectivity index (χ1n) is 5.61. The van der Waals surface area contributed by atoms with Crippen molar-refractivity contribution in [2.24, 2.45) is 0 Å². The van der Waals surface area contributed by atoms with Crippen molar-refractivity contribution < 1.29 is 15.0 Å². The van der Waals surface area contributed by atoms with E-state index in [0.717, 1.165) is 5.56 Å². The largest absolute Gasteiger partial charge is 0.389 e. The molecule has 0 aliphatic heterocycles. The van der Waals surface area contributed by atoms with Gasteiger partial charge in [-0.05, 0) is 11.1 Å². The third-order valence-corrected chi connectivity index (χ3v) is 2.63. The van der Waals surface area contributed by atoms with Gasteiger partial charge >= 0.3 is 0 Å². The molecule has 0 aliphatic carbocycles. The number of rotatable bonds is 5. The molecule has 1 aromatic rings. The van der Waals surface area contributed by atoms with Gasteiger partial charge in [0.25, 0.3) is 0 Å². The number of amides is 1. The smallest absolute Gasteiger partial charge is 0.224 e. The summed E-state index contributed by atoms with van der Waals surface area (Å²) in [6, 6.07) is 8.52. The Labute approximate surface area is 106 Å². The zero-order chi connectivity index (χ0) is 13.5. The van der Waals surface area contributed by atoms with E-state index in [-0.39, 0.29) is 18.7 Å². The molecule has 0 spiro atoms. The molecule has 18 heavy (non-hydrogen) atoms. The van der Waals surface area contributed by atoms with Crippen molar-refractivity contribution in [1.29, 1.82) is 5.26 Å². The van der Waals surface area contributed by atoms with E-state index in [0.29, 0.717) is 5.56 Å². The van der Waals surface area contributed by atoms with Gasteiger partial charge in [-0.1, -0.05) is 24.3 Å². The molecule has 0 aromatic heterocycles. The normalized spacial score (nSPS) is 13.4. The molecular formula is C13H16N2O3. The number of nitriles is 1. The molecule has 1 aromatic carbocycles. The number of carbonyl (C=O) groups excluding carboxylic acids is 1. The van der Waals surface area contributed by atoms with Crippen LogP contribution in [0.1, 0.15) is 23.7 Å². The maximum atomic E-state index is 11.2. The first kappa shape index (κ1) is 14.2. The molecule has 0 bridgehead atoms. The summed E-state index contributed by atoms with van der Waals surface area (Å²) in [4.78, 5) is 11.2. The first-order chi connectivity index (χ1) is 8.58. The summed E-state index contributed by atoms with van der Waals surface area (Å²) < 4.78 is 0. The molecule has 2 unspecified atom stereocenters. The number of hydrogen-bond donors (Lipinski definition) is 3. The van der Waals surface area contributed by atoms with E-state index >= 15 is 0 Å². The fourth-order valence-electron chi connectivity index (χ4n) is 1.53. The summed E-state index contributed by atoms with van der Waals surface area (Å²) in [7, 11) is 1.57. The average molecular weight is 248 g/mol. The number of hydrogen-bond acceptors (Lipinski definition) is 4. The van der Waals surface area contributed by atoms with Crippen LogP contribution in [0.25, 0.3) is 0 Å². The van der Waals surface area contributed by atoms with E-state index in [9.17, 15) is 15.0 Å². The third-order valence-electron chi connectivity index (χ3n) is 2.63. The van der Waals surface area contributed by atoms with Gasteiger partial charge in [0, 0.05) is 7.05 Å². The quantitative estimate of drug-likeness (QED) is 0.698. The number of carbonyl (C=O) groups is 1. The molecule has 0 aliphatic rings. The monoisotopic (exact) mass is 248 g/mol. The molecule has 0 heterocycles. The standard InChI is InChI=1S/C13H16N2O3/c1-15-12(17)8-9-2-4-10(5-3-9)13(18)11(16)6-7-14/h2-5,11,13,16,18H,6,8H2,1H3,(H,15,17). The predicted octanol–water partition coefficient (Wildman–Crippen LogP) is 0.283. The molecule has 5 heteroatoms. The van der Waals surface area contributed by atoms with Gasteiger partial charge in [0.2, 0.25) is 5.91 Å². The SMILES string of the molecule is CNC(=O)Cc1ccc(C(O)C(O)CC#N)cc1. The molecule has 96 valence electrons. The highest BCUT2D eigenvalue weighted by Crippen LogP contribution is 2.19. The predicted molar refractivity (Wildman–Crippen MR) is 65.4 cm³/mol. The van der Waals surface area contributed by atoms with Gasteiger partial charge in [-0.3, -0.25) is 4.79 Å². The fourth-order valence-corrected chi connectivity index (χ4v) is 1.53. The highest BCUT2D eigenvalue weighted by Gasteiger charge is 2.17. The Balaban J connectivity index is 2.70. The van der Waals surface area contributed by atoms with Crippen LogP contribution in [-0.4, -0.2) is 29.3 Å². The van der Waals surface area contributed by atoms with Gasteiger partial charge in [-0.2, -0.15) is 5.26 Å². The van der Waals surface area contributed by atoms with Crippen LogP contribution >= 0.6 is 0 Å². The molecule has 0 saturated carbocycles. The second-order valence-electron chi connectivity index (χ2n) is 3.97. The number of aliphatic hydroxyl groups is 2. The van der Waals surface area contributed by atoms with E-state index in [4.69, 9.17) is 5.26 Å². The number of likely N-dealkylation sites (N-methyl/N-ethyl adjacent to an activating group) is 1. The lowest BCUT2D eigenvalue weighted by molar-refractivity contribution is -0.119. The lowest BCUT2D eigenvalue weighted by Crippen LogP contribution is -2.20. The van der Waals surface area contributed by atoms with Gasteiger partial charge in [-0.15, -0.1) is 0 Å². The number of aliphatic hydroxyl groups excluding tert-OH is 2. The van der Waals surface area contributed by atoms with Crippen LogP contribution in [0.15, 0.2) is 24.3 Å². The summed E-state index contributed by atoms with van der Waals surface area (Å²) in [6.07, 6.45) is -2.03. The van der Waals surface area contributed by atoms with Crippen molar-refractivity contribution in [1.82, 2.24) is 5.32 Å². The van der Waals surface area contributed by atoms with Gasteiger partial charge in [-0.25, -0.2) is 0 Å². The van der Waals surface area contributed by atoms with Crippen LogP contribution in [0, 0.1) is 11.3 Å². The lowest BCUT2D eigenvalue weighted by Gasteiger charge is -2.15. The van der Waals surface area contributed by atoms with Crippen LogP contribution in [0.4, 0.5) is 0 Å². The van der Waals surface area contributed by atoms with E-state index in [1.165, 1.54) is 0 Å². The van der Waals surface area contributed by atoms with Gasteiger partial charge in [0.15, 0.2) is 0 Å². The Morgan fingerprint density at radius 1 is 1.39 bits per heavy atom. The Bertz CT molecular complexity index is 437. The minimum absolute atomic E-state index is 0.0900. The van der Waals surface area contributed by atoms with Crippen molar-refractivity contribution in [2.75, 3.05) is 7.05 Å². The lowest BCUT2D eigenvalue weighted by atomic mass is 10.0. The molecule has 5 nitrogen and oxygen atoms in total. The van der Waals surface area contributed by atoms with Crippen molar-refractivity contribution >= 4 is 5.91 Å². The molecule has 2 atom stereocenters. The third kappa shape index (κ3) is 3.84. The van der Waals surface area contributed by atoms with E-state index in [1.54, 1.807) is 37.4 Å². The van der Waals surface area contributed by atoms with Crippen LogP contribution in [0.5, 0.6) is 0 Å². The number of benzene rings is 1. The minimum Gasteiger partial charge on any atom is -0.389 e. The average Bonchev–Trinajstić information content (AvgIpc) is 2.39. The summed E-state index contributed by atoms with van der Waals surface area (Å²) >= 11 is 0. The first-order valence-corrected chi connectivity index (χ1v) is 5.61. The highest BCUT2D eigenvalue weighted by molar-refractivity contribution is 5.78. The molecule has 1 amide bonds. The van der Waals surface area contributed by atoms with Crippen molar-refractivity contribution in [3.05, 3.63) is 35.4 Å². The van der Waals surface area contributed by atoms with Gasteiger partial charge < -0.3 is 15.5 Å². The van der Waals surface area contributed by atoms with E-state index in [1.807, 2.05) is 0 Å². The molecule has 0 radical (unpaired) electrons. The maximum absolute atomic E-state index is 11.2. The summed E-state index contributed by atoms with van der Waals surface area (Å²) in [5.74, 6) is -0.0900. The molecule has 0 fully saturated rings. The molecule has 3 N–H and O–H groups in total. The highest BCUT2D eigenvalue weighted by atomic mass is 16.3. The van der Waals surface area contributed by atoms with Crippen molar-refractivity contribution in [3.8, 4) is 6.07 Å². The Kier molecular flexibility index (Phi) is 5.31. The second-order valence-corrected chi connectivity index (χ2v) is 3.97. The van der Waals surface area contributed by atoms with Crippen molar-refractivity contribution in [2.45, 2.75) is 25.0 Å². The Hall–Kier alpha value is -1.90. The zero-order valence-electron chi connectivity index (χ0n) is 10.1. The summed E-state index contributed by atoms with van der Waals surface area (Å²) in [5, 5.41) is 30.2. The summed E-state index contributed by atoms with van der Waals surface area (Å²) in [6.45, 7) is 0. The molecular weight excluding hydrogens is 232 g/mol. The molecule has 1 rings (SSSR count). The number of nitrogens with one attached hydrogen (secondary N) is 1. The minimum atomic E-state index is -1.10. The van der Waals surface area contributed by atoms with Crippen LogP contribution in [0.3, 0.4) is 0 Å². The van der Waals surface area contributed by atoms with E-state index < -0.39 is 12.2 Å². The topological polar surface area (TPSA) is 93.3 Å². The fraction of sp³-hybridized carbons (Fsp3) is 0.385. The van der Waals surface area contributed by atoms with Gasteiger partial charge in [0.05, 0.1) is 25.0 Å². The van der Waals surface area contributed by atoms with Gasteiger partial charge in [0.1, 0.15) is 6.10 Å². The summed E-state index contributed by atoms with van der Waals surface area (Å²) in [5.41, 5.74) is 1.35. The van der Waals surface area contributed by atoms with Crippen LogP contribution in [-0.2, 0) is 11.2 Å². The zero-order valence-corrected chi connectivity index (χ0v) is 10.1. The van der Waals surface area contributed by atoms with E-state index in [2.05, 4.69) is 5.32 Å². The Morgan fingerprint density at radius 3 is 2.50 bits per heavy atom.